The lowest BCUT2D eigenvalue weighted by atomic mass is 9.83. The molecule has 0 aliphatic carbocycles. The van der Waals surface area contributed by atoms with Gasteiger partial charge in [0.05, 0.1) is 32.3 Å². The van der Waals surface area contributed by atoms with E-state index < -0.39 is 22.9 Å². The van der Waals surface area contributed by atoms with E-state index in [1.54, 1.807) is 28.9 Å². The number of esters is 1. The van der Waals surface area contributed by atoms with E-state index in [1.807, 2.05) is 45.9 Å². The van der Waals surface area contributed by atoms with E-state index in [9.17, 15) is 23.6 Å². The summed E-state index contributed by atoms with van der Waals surface area (Å²) < 4.78 is 29.8. The number of hydrogen-bond acceptors (Lipinski definition) is 9. The Kier molecular flexibility index (Phi) is 11.7. The Bertz CT molecular complexity index is 1600. The number of amides is 3. The van der Waals surface area contributed by atoms with Gasteiger partial charge in [0.15, 0.2) is 0 Å². The van der Waals surface area contributed by atoms with Crippen LogP contribution in [0, 0.1) is 5.82 Å². The second-order valence-electron chi connectivity index (χ2n) is 15.2. The molecule has 3 amide bonds. The third-order valence-corrected chi connectivity index (χ3v) is 10.0. The quantitative estimate of drug-likeness (QED) is 0.391. The van der Waals surface area contributed by atoms with E-state index in [-0.39, 0.29) is 55.6 Å². The number of nitrogens with one attached hydrogen (secondary N) is 1. The van der Waals surface area contributed by atoms with Crippen molar-refractivity contribution in [1.82, 2.24) is 20.0 Å². The molecule has 0 spiro atoms. The second kappa shape index (κ2) is 15.7. The zero-order valence-electron chi connectivity index (χ0n) is 30.9. The summed E-state index contributed by atoms with van der Waals surface area (Å²) in [7, 11) is 1.26. The Morgan fingerprint density at radius 1 is 1.00 bits per heavy atom. The number of carbonyl (C=O) groups excluding carboxylic acids is 4. The highest BCUT2D eigenvalue weighted by Crippen LogP contribution is 2.42. The number of hydrogen-bond donors (Lipinski definition) is 1. The molecular formula is C38H52FN5O7. The van der Waals surface area contributed by atoms with Crippen molar-refractivity contribution >= 4 is 29.6 Å². The molecule has 4 atom stereocenters. The van der Waals surface area contributed by atoms with Crippen LogP contribution in [0.1, 0.15) is 58.2 Å². The number of carbonyl (C=O) groups is 4. The third-order valence-electron chi connectivity index (χ3n) is 10.0. The minimum Gasteiger partial charge on any atom is -0.468 e. The highest BCUT2D eigenvalue weighted by atomic mass is 19.1. The number of morpholine rings is 1. The maximum absolute atomic E-state index is 14.5. The first-order valence-corrected chi connectivity index (χ1v) is 17.7. The van der Waals surface area contributed by atoms with Crippen molar-refractivity contribution in [3.05, 3.63) is 65.0 Å². The molecule has 2 saturated heterocycles. The van der Waals surface area contributed by atoms with Crippen LogP contribution in [-0.2, 0) is 40.4 Å². The highest BCUT2D eigenvalue weighted by Gasteiger charge is 2.48. The third kappa shape index (κ3) is 9.06. The van der Waals surface area contributed by atoms with Crippen LogP contribution in [0.4, 0.5) is 14.9 Å². The van der Waals surface area contributed by atoms with Crippen LogP contribution >= 0.6 is 0 Å². The van der Waals surface area contributed by atoms with Gasteiger partial charge in [-0.05, 0) is 82.9 Å². The zero-order chi connectivity index (χ0) is 37.1. The van der Waals surface area contributed by atoms with Crippen LogP contribution in [0.5, 0.6) is 0 Å². The summed E-state index contributed by atoms with van der Waals surface area (Å²) in [5.74, 6) is -1.47. The van der Waals surface area contributed by atoms with Crippen molar-refractivity contribution in [2.45, 2.75) is 77.1 Å². The fourth-order valence-electron chi connectivity index (χ4n) is 7.15. The zero-order valence-corrected chi connectivity index (χ0v) is 30.9. The molecule has 0 bridgehead atoms. The lowest BCUT2D eigenvalue weighted by Crippen LogP contribution is -2.64. The molecule has 12 nitrogen and oxygen atoms in total. The van der Waals surface area contributed by atoms with E-state index in [4.69, 9.17) is 14.2 Å². The van der Waals surface area contributed by atoms with Gasteiger partial charge in [-0.15, -0.1) is 0 Å². The summed E-state index contributed by atoms with van der Waals surface area (Å²) in [5.41, 5.74) is 1.31. The molecule has 0 saturated carbocycles. The molecule has 0 aromatic heterocycles. The molecule has 1 N–H and O–H groups in total. The van der Waals surface area contributed by atoms with E-state index in [1.165, 1.54) is 19.2 Å². The van der Waals surface area contributed by atoms with Crippen molar-refractivity contribution < 1.29 is 37.8 Å². The van der Waals surface area contributed by atoms with Gasteiger partial charge in [0.2, 0.25) is 11.8 Å². The molecular weight excluding hydrogens is 657 g/mol. The predicted octanol–water partition coefficient (Wildman–Crippen LogP) is 3.34. The lowest BCUT2D eigenvalue weighted by Gasteiger charge is -2.47. The highest BCUT2D eigenvalue weighted by molar-refractivity contribution is 6.03. The van der Waals surface area contributed by atoms with Crippen molar-refractivity contribution in [2.75, 3.05) is 71.0 Å². The minimum atomic E-state index is -1.14. The summed E-state index contributed by atoms with van der Waals surface area (Å²) >= 11 is 0. The second-order valence-corrected chi connectivity index (χ2v) is 15.2. The number of anilines is 1. The van der Waals surface area contributed by atoms with Crippen molar-refractivity contribution in [3.63, 3.8) is 0 Å². The number of halogens is 1. The van der Waals surface area contributed by atoms with E-state index in [2.05, 4.69) is 22.0 Å². The van der Waals surface area contributed by atoms with Gasteiger partial charge in [-0.3, -0.25) is 24.2 Å². The van der Waals surface area contributed by atoms with Crippen LogP contribution in [0.15, 0.2) is 42.5 Å². The number of benzene rings is 2. The topological polar surface area (TPSA) is 121 Å². The van der Waals surface area contributed by atoms with Crippen molar-refractivity contribution in [1.29, 1.82) is 0 Å². The number of nitrogens with zero attached hydrogens (tertiary/aromatic N) is 4. The lowest BCUT2D eigenvalue weighted by molar-refractivity contribution is -0.141. The van der Waals surface area contributed by atoms with E-state index in [0.29, 0.717) is 50.5 Å². The molecule has 0 radical (unpaired) electrons. The molecule has 2 fully saturated rings. The fourth-order valence-corrected chi connectivity index (χ4v) is 7.15. The largest absolute Gasteiger partial charge is 0.468 e. The van der Waals surface area contributed by atoms with E-state index in [0.717, 1.165) is 17.7 Å². The Morgan fingerprint density at radius 3 is 2.37 bits per heavy atom. The molecule has 0 unspecified atom stereocenters. The van der Waals surface area contributed by atoms with Gasteiger partial charge in [-0.1, -0.05) is 24.3 Å². The van der Waals surface area contributed by atoms with Gasteiger partial charge in [-0.25, -0.2) is 9.18 Å². The van der Waals surface area contributed by atoms with Gasteiger partial charge < -0.3 is 29.3 Å². The summed E-state index contributed by atoms with van der Waals surface area (Å²) in [6.07, 6.45) is 0.127. The number of rotatable bonds is 9. The Hall–Kier alpha value is -4.07. The van der Waals surface area contributed by atoms with Crippen molar-refractivity contribution in [3.8, 4) is 0 Å². The van der Waals surface area contributed by atoms with Gasteiger partial charge in [0.25, 0.3) is 0 Å². The Labute approximate surface area is 300 Å². The molecule has 5 rings (SSSR count). The molecule has 3 aliphatic rings. The Balaban J connectivity index is 1.43. The maximum atomic E-state index is 14.5. The molecule has 51 heavy (non-hydrogen) atoms. The number of piperazine rings is 1. The maximum Gasteiger partial charge on any atom is 0.410 e. The summed E-state index contributed by atoms with van der Waals surface area (Å²) in [5, 5.41) is 2.69. The standard InChI is InChI=1S/C38H52FN5O7/c1-25-19-42(30(20-41-14-15-50-23-26(41)2)21-43(25)36(48)51-37(3,4)5)22-33(45)44-24-38(6,35(47)40-18-34(46)49-7)31-13-10-28(17-32(31)44)16-27-8-11-29(39)12-9-27/h8-13,17,25-26,30H,14-16,18-24H2,1-7H3,(H,40,47)/t25-,26-,30+,38-/m1/s1. The van der Waals surface area contributed by atoms with Crippen LogP contribution in [0.2, 0.25) is 0 Å². The smallest absolute Gasteiger partial charge is 0.410 e. The van der Waals surface area contributed by atoms with Crippen LogP contribution < -0.4 is 10.2 Å². The molecule has 13 heteroatoms. The first kappa shape index (κ1) is 38.2. The molecule has 3 heterocycles. The average Bonchev–Trinajstić information content (AvgIpc) is 3.38. The van der Waals surface area contributed by atoms with Crippen LogP contribution in [0.25, 0.3) is 0 Å². The van der Waals surface area contributed by atoms with Gasteiger partial charge >= 0.3 is 12.1 Å². The number of methoxy groups -OCH3 is 1. The fraction of sp³-hybridized carbons (Fsp3) is 0.579. The first-order chi connectivity index (χ1) is 24.1. The minimum absolute atomic E-state index is 0.0668. The SMILES string of the molecule is COC(=O)CNC(=O)[C@]1(C)CN(C(=O)CN2C[C@@H](C)N(C(=O)OC(C)(C)C)C[C@@H]2CN2CCOC[C@H]2C)c2cc(Cc3ccc(F)cc3)ccc21. The normalized spacial score (nSPS) is 24.2. The Morgan fingerprint density at radius 2 is 1.71 bits per heavy atom. The van der Waals surface area contributed by atoms with Gasteiger partial charge in [-0.2, -0.15) is 0 Å². The van der Waals surface area contributed by atoms with Crippen molar-refractivity contribution in [2.24, 2.45) is 0 Å². The first-order valence-electron chi connectivity index (χ1n) is 17.7. The van der Waals surface area contributed by atoms with Gasteiger partial charge in [0, 0.05) is 56.5 Å². The molecule has 3 aliphatic heterocycles. The van der Waals surface area contributed by atoms with Crippen LogP contribution in [-0.4, -0.2) is 128 Å². The molecule has 2 aromatic rings. The summed E-state index contributed by atoms with van der Waals surface area (Å²) in [4.78, 5) is 61.3. The van der Waals surface area contributed by atoms with E-state index >= 15 is 0 Å². The monoisotopic (exact) mass is 709 g/mol. The van der Waals surface area contributed by atoms with Crippen LogP contribution in [0.3, 0.4) is 0 Å². The number of ether oxygens (including phenoxy) is 3. The summed E-state index contributed by atoms with van der Waals surface area (Å²) in [6.45, 7) is 14.7. The molecule has 278 valence electrons. The number of fused-ring (bicyclic) bond motifs is 1. The predicted molar refractivity (Wildman–Crippen MR) is 190 cm³/mol. The molecule has 2 aromatic carbocycles. The van der Waals surface area contributed by atoms with Gasteiger partial charge in [0.1, 0.15) is 18.0 Å². The average molecular weight is 710 g/mol. The summed E-state index contributed by atoms with van der Waals surface area (Å²) in [6, 6.07) is 11.8.